The van der Waals surface area contributed by atoms with Gasteiger partial charge in [0.15, 0.2) is 0 Å². The van der Waals surface area contributed by atoms with Crippen LogP contribution in [0.4, 0.5) is 0 Å². The summed E-state index contributed by atoms with van der Waals surface area (Å²) in [5.74, 6) is 0.487. The molecular weight excluding hydrogens is 470 g/mol. The van der Waals surface area contributed by atoms with Gasteiger partial charge in [0.1, 0.15) is 18.0 Å². The topological polar surface area (TPSA) is 73.2 Å². The first-order valence-corrected chi connectivity index (χ1v) is 12.1. The second kappa shape index (κ2) is 13.9. The maximum Gasteiger partial charge on any atom is 0.254 e. The third-order valence-corrected chi connectivity index (χ3v) is 5.95. The first kappa shape index (κ1) is 27.5. The molecule has 0 fully saturated rings. The van der Waals surface area contributed by atoms with Crippen molar-refractivity contribution in [2.24, 2.45) is 0 Å². The summed E-state index contributed by atoms with van der Waals surface area (Å²) in [6, 6.07) is 19.1. The zero-order chi connectivity index (χ0) is 26.6. The fourth-order valence-electron chi connectivity index (χ4n) is 3.97. The van der Waals surface area contributed by atoms with Crippen LogP contribution in [0.5, 0.6) is 11.5 Å². The Hall–Kier alpha value is -4.04. The summed E-state index contributed by atoms with van der Waals surface area (Å²) in [4.78, 5) is 30.1. The molecule has 8 nitrogen and oxygen atoms in total. The molecule has 0 unspecified atom stereocenters. The molecule has 1 aromatic heterocycles. The van der Waals surface area contributed by atoms with E-state index >= 15 is 0 Å². The van der Waals surface area contributed by atoms with Gasteiger partial charge in [-0.2, -0.15) is 0 Å². The fourth-order valence-corrected chi connectivity index (χ4v) is 3.97. The summed E-state index contributed by atoms with van der Waals surface area (Å²) in [5.41, 5.74) is 2.53. The Labute approximate surface area is 218 Å². The highest BCUT2D eigenvalue weighted by molar-refractivity contribution is 5.97. The van der Waals surface area contributed by atoms with Gasteiger partial charge in [-0.05, 0) is 29.8 Å². The lowest BCUT2D eigenvalue weighted by molar-refractivity contribution is -0.133. The molecule has 0 saturated heterocycles. The van der Waals surface area contributed by atoms with Crippen molar-refractivity contribution in [2.75, 3.05) is 47.6 Å². The molecular formula is C29H35N3O5. The average molecular weight is 506 g/mol. The molecule has 0 atom stereocenters. The second-order valence-corrected chi connectivity index (χ2v) is 8.50. The van der Waals surface area contributed by atoms with Crippen molar-refractivity contribution in [3.63, 3.8) is 0 Å². The Balaban J connectivity index is 1.78. The quantitative estimate of drug-likeness (QED) is 0.311. The van der Waals surface area contributed by atoms with Gasteiger partial charge in [0.2, 0.25) is 5.91 Å². The van der Waals surface area contributed by atoms with Gasteiger partial charge in [0, 0.05) is 50.3 Å². The smallest absolute Gasteiger partial charge is 0.254 e. The van der Waals surface area contributed by atoms with Crippen molar-refractivity contribution in [2.45, 2.75) is 13.1 Å². The largest absolute Gasteiger partial charge is 0.497 e. The number of carbonyl (C=O) groups excluding carboxylic acids is 2. The van der Waals surface area contributed by atoms with E-state index < -0.39 is 0 Å². The van der Waals surface area contributed by atoms with E-state index in [4.69, 9.17) is 14.2 Å². The van der Waals surface area contributed by atoms with Crippen LogP contribution < -0.4 is 9.47 Å². The highest BCUT2D eigenvalue weighted by atomic mass is 16.5. The molecule has 37 heavy (non-hydrogen) atoms. The summed E-state index contributed by atoms with van der Waals surface area (Å²) in [6.07, 6.45) is 3.61. The monoisotopic (exact) mass is 505 g/mol. The second-order valence-electron chi connectivity index (χ2n) is 8.50. The van der Waals surface area contributed by atoms with Gasteiger partial charge in [-0.25, -0.2) is 0 Å². The van der Waals surface area contributed by atoms with Crippen molar-refractivity contribution in [3.8, 4) is 11.5 Å². The number of benzene rings is 2. The molecule has 2 aromatic carbocycles. The number of nitrogens with zero attached hydrogens (tertiary/aromatic N) is 3. The number of hydrogen-bond donors (Lipinski definition) is 0. The van der Waals surface area contributed by atoms with Crippen LogP contribution in [0, 0.1) is 0 Å². The van der Waals surface area contributed by atoms with Crippen molar-refractivity contribution in [1.29, 1.82) is 0 Å². The van der Waals surface area contributed by atoms with Crippen LogP contribution >= 0.6 is 0 Å². The van der Waals surface area contributed by atoms with Gasteiger partial charge in [-0.1, -0.05) is 36.4 Å². The van der Waals surface area contributed by atoms with E-state index in [0.717, 1.165) is 5.69 Å². The van der Waals surface area contributed by atoms with Crippen LogP contribution in [-0.2, 0) is 22.6 Å². The van der Waals surface area contributed by atoms with E-state index in [1.54, 1.807) is 36.3 Å². The predicted octanol–water partition coefficient (Wildman–Crippen LogP) is 3.86. The normalized spacial score (nSPS) is 10.6. The van der Waals surface area contributed by atoms with E-state index in [2.05, 4.69) is 23.3 Å². The standard InChI is InChI=1S/C29H35N3O5/c1-5-13-32(29(34)24-17-26(36-3)19-27(18-24)37-4)22-28(33)31(15-16-35-2)21-25-12-9-14-30(25)20-23-10-7-6-8-11-23/h5-12,14,17-19H,1,13,15-16,20-22H2,2-4H3. The van der Waals surface area contributed by atoms with E-state index in [1.165, 1.54) is 24.7 Å². The maximum absolute atomic E-state index is 13.5. The first-order valence-electron chi connectivity index (χ1n) is 12.1. The van der Waals surface area contributed by atoms with E-state index in [9.17, 15) is 9.59 Å². The molecule has 2 amide bonds. The summed E-state index contributed by atoms with van der Waals surface area (Å²) in [6.45, 7) is 5.75. The van der Waals surface area contributed by atoms with Crippen molar-refractivity contribution in [3.05, 3.63) is 96.3 Å². The van der Waals surface area contributed by atoms with E-state index in [0.29, 0.717) is 43.3 Å². The Morgan fingerprint density at radius 1 is 0.946 bits per heavy atom. The van der Waals surface area contributed by atoms with Crippen LogP contribution in [0.3, 0.4) is 0 Å². The highest BCUT2D eigenvalue weighted by Crippen LogP contribution is 2.23. The lowest BCUT2D eigenvalue weighted by Gasteiger charge is -2.27. The van der Waals surface area contributed by atoms with Crippen LogP contribution in [0.15, 0.2) is 79.5 Å². The minimum Gasteiger partial charge on any atom is -0.497 e. The molecule has 0 bridgehead atoms. The number of carbonyl (C=O) groups is 2. The molecule has 196 valence electrons. The number of rotatable bonds is 14. The van der Waals surface area contributed by atoms with Crippen LogP contribution in [0.25, 0.3) is 0 Å². The summed E-state index contributed by atoms with van der Waals surface area (Å²) in [7, 11) is 4.65. The summed E-state index contributed by atoms with van der Waals surface area (Å²) < 4.78 is 18.0. The molecule has 1 heterocycles. The highest BCUT2D eigenvalue weighted by Gasteiger charge is 2.23. The van der Waals surface area contributed by atoms with Crippen molar-refractivity contribution >= 4 is 11.8 Å². The Morgan fingerprint density at radius 2 is 1.65 bits per heavy atom. The van der Waals surface area contributed by atoms with Gasteiger partial charge in [0.25, 0.3) is 5.91 Å². The lowest BCUT2D eigenvalue weighted by Crippen LogP contribution is -2.44. The zero-order valence-corrected chi connectivity index (χ0v) is 21.8. The molecule has 3 rings (SSSR count). The number of aromatic nitrogens is 1. The third kappa shape index (κ3) is 7.72. The van der Waals surface area contributed by atoms with E-state index in [-0.39, 0.29) is 24.9 Å². The first-order chi connectivity index (χ1) is 18.0. The minimum absolute atomic E-state index is 0.104. The Morgan fingerprint density at radius 3 is 2.27 bits per heavy atom. The number of methoxy groups -OCH3 is 3. The molecule has 3 aromatic rings. The van der Waals surface area contributed by atoms with Crippen LogP contribution in [0.2, 0.25) is 0 Å². The summed E-state index contributed by atoms with van der Waals surface area (Å²) in [5, 5.41) is 0. The molecule has 0 aliphatic carbocycles. The maximum atomic E-state index is 13.5. The molecule has 0 N–H and O–H groups in total. The van der Waals surface area contributed by atoms with Gasteiger partial charge in [0.05, 0.1) is 27.4 Å². The van der Waals surface area contributed by atoms with Crippen LogP contribution in [-0.4, -0.2) is 73.8 Å². The van der Waals surface area contributed by atoms with Crippen LogP contribution in [0.1, 0.15) is 21.6 Å². The zero-order valence-electron chi connectivity index (χ0n) is 21.8. The molecule has 0 aliphatic heterocycles. The van der Waals surface area contributed by atoms with Gasteiger partial charge >= 0.3 is 0 Å². The molecule has 8 heteroatoms. The number of amides is 2. The minimum atomic E-state index is -0.315. The van der Waals surface area contributed by atoms with Gasteiger partial charge < -0.3 is 28.6 Å². The van der Waals surface area contributed by atoms with Crippen molar-refractivity contribution in [1.82, 2.24) is 14.4 Å². The molecule has 0 aliphatic rings. The number of ether oxygens (including phenoxy) is 3. The summed E-state index contributed by atoms with van der Waals surface area (Å²) >= 11 is 0. The predicted molar refractivity (Wildman–Crippen MR) is 143 cm³/mol. The fraction of sp³-hybridized carbons (Fsp3) is 0.310. The average Bonchev–Trinajstić information content (AvgIpc) is 3.36. The van der Waals surface area contributed by atoms with Crippen molar-refractivity contribution < 1.29 is 23.8 Å². The molecule has 0 saturated carbocycles. The lowest BCUT2D eigenvalue weighted by atomic mass is 10.1. The Kier molecular flexibility index (Phi) is 10.3. The molecule has 0 spiro atoms. The third-order valence-electron chi connectivity index (χ3n) is 5.95. The van der Waals surface area contributed by atoms with E-state index in [1.807, 2.05) is 36.5 Å². The number of hydrogen-bond acceptors (Lipinski definition) is 5. The molecule has 0 radical (unpaired) electrons. The van der Waals surface area contributed by atoms with Gasteiger partial charge in [-0.3, -0.25) is 9.59 Å². The Bertz CT molecular complexity index is 1150. The van der Waals surface area contributed by atoms with Gasteiger partial charge in [-0.15, -0.1) is 6.58 Å². The SMILES string of the molecule is C=CCN(CC(=O)N(CCOC)Cc1cccn1Cc1ccccc1)C(=O)c1cc(OC)cc(OC)c1.